The van der Waals surface area contributed by atoms with E-state index in [0.717, 1.165) is 18.6 Å². The Morgan fingerprint density at radius 1 is 1.26 bits per heavy atom. The summed E-state index contributed by atoms with van der Waals surface area (Å²) in [5.41, 5.74) is 10.6. The van der Waals surface area contributed by atoms with Gasteiger partial charge in [0.25, 0.3) is 0 Å². The molecule has 1 saturated carbocycles. The van der Waals surface area contributed by atoms with Crippen LogP contribution in [0.4, 0.5) is 0 Å². The Hall–Kier alpha value is -1.02. The molecule has 0 spiro atoms. The normalized spacial score (nSPS) is 26.2. The molecule has 1 aromatic rings. The number of rotatable bonds is 2. The third kappa shape index (κ3) is 2.79. The van der Waals surface area contributed by atoms with Gasteiger partial charge in [0, 0.05) is 12.0 Å². The maximum atomic E-state index is 6.39. The minimum absolute atomic E-state index is 0.254. The van der Waals surface area contributed by atoms with Crippen LogP contribution in [0.1, 0.15) is 55.7 Å². The number of methoxy groups -OCH3 is 1. The van der Waals surface area contributed by atoms with E-state index in [1.165, 1.54) is 23.1 Å². The fourth-order valence-corrected chi connectivity index (χ4v) is 3.32. The van der Waals surface area contributed by atoms with Crippen molar-refractivity contribution in [1.82, 2.24) is 0 Å². The molecule has 2 unspecified atom stereocenters. The lowest BCUT2D eigenvalue weighted by molar-refractivity contribution is 0.196. The molecule has 0 saturated heterocycles. The molecule has 1 aliphatic rings. The Morgan fingerprint density at radius 2 is 1.95 bits per heavy atom. The molecule has 1 aliphatic carbocycles. The van der Waals surface area contributed by atoms with E-state index in [2.05, 4.69) is 39.8 Å². The molecule has 1 aromatic carbocycles. The lowest BCUT2D eigenvalue weighted by Gasteiger charge is -2.40. The number of ether oxygens (including phenoxy) is 1. The second kappa shape index (κ2) is 5.16. The van der Waals surface area contributed by atoms with Gasteiger partial charge in [-0.3, -0.25) is 0 Å². The van der Waals surface area contributed by atoms with E-state index in [1.54, 1.807) is 7.11 Å². The molecule has 106 valence electrons. The van der Waals surface area contributed by atoms with E-state index in [9.17, 15) is 0 Å². The lowest BCUT2D eigenvalue weighted by atomic mass is 9.67. The summed E-state index contributed by atoms with van der Waals surface area (Å²) in [5.74, 6) is 1.45. The number of hydrogen-bond acceptors (Lipinski definition) is 2. The van der Waals surface area contributed by atoms with Crippen LogP contribution in [0.2, 0.25) is 0 Å². The van der Waals surface area contributed by atoms with Gasteiger partial charge in [-0.15, -0.1) is 0 Å². The van der Waals surface area contributed by atoms with Crippen molar-refractivity contribution in [3.05, 3.63) is 28.8 Å². The monoisotopic (exact) mass is 261 g/mol. The molecule has 0 heterocycles. The zero-order valence-corrected chi connectivity index (χ0v) is 12.9. The van der Waals surface area contributed by atoms with Gasteiger partial charge in [0.1, 0.15) is 5.75 Å². The van der Waals surface area contributed by atoms with Crippen molar-refractivity contribution in [2.24, 2.45) is 11.1 Å². The van der Waals surface area contributed by atoms with Crippen LogP contribution in [0.15, 0.2) is 12.1 Å². The summed E-state index contributed by atoms with van der Waals surface area (Å²) in [6.45, 7) is 8.96. The molecule has 0 aromatic heterocycles. The van der Waals surface area contributed by atoms with Crippen molar-refractivity contribution >= 4 is 0 Å². The minimum atomic E-state index is 0.254. The van der Waals surface area contributed by atoms with Crippen LogP contribution >= 0.6 is 0 Å². The van der Waals surface area contributed by atoms with Crippen molar-refractivity contribution in [3.8, 4) is 5.75 Å². The molecule has 0 radical (unpaired) electrons. The second-order valence-electron chi connectivity index (χ2n) is 6.81. The topological polar surface area (TPSA) is 35.2 Å². The SMILES string of the molecule is COc1c(C2CC(C)(C)CCC2N)ccc(C)c1C. The lowest BCUT2D eigenvalue weighted by Crippen LogP contribution is -2.37. The highest BCUT2D eigenvalue weighted by atomic mass is 16.5. The average Bonchev–Trinajstić information content (AvgIpc) is 2.36. The van der Waals surface area contributed by atoms with Gasteiger partial charge in [-0.25, -0.2) is 0 Å². The molecule has 2 atom stereocenters. The van der Waals surface area contributed by atoms with E-state index in [1.807, 2.05) is 0 Å². The maximum Gasteiger partial charge on any atom is 0.125 e. The zero-order chi connectivity index (χ0) is 14.2. The fraction of sp³-hybridized carbons (Fsp3) is 0.647. The van der Waals surface area contributed by atoms with Crippen LogP contribution in [0.3, 0.4) is 0 Å². The van der Waals surface area contributed by atoms with Gasteiger partial charge in [0.2, 0.25) is 0 Å². The Balaban J connectivity index is 2.43. The molecular formula is C17H27NO. The smallest absolute Gasteiger partial charge is 0.125 e. The Bertz CT molecular complexity index is 465. The average molecular weight is 261 g/mol. The van der Waals surface area contributed by atoms with E-state index < -0.39 is 0 Å². The first kappa shape index (κ1) is 14.4. The third-order valence-electron chi connectivity index (χ3n) is 4.75. The quantitative estimate of drug-likeness (QED) is 0.875. The predicted molar refractivity (Wildman–Crippen MR) is 80.8 cm³/mol. The Morgan fingerprint density at radius 3 is 2.58 bits per heavy atom. The number of aryl methyl sites for hydroxylation is 1. The minimum Gasteiger partial charge on any atom is -0.496 e. The number of hydrogen-bond donors (Lipinski definition) is 1. The van der Waals surface area contributed by atoms with Crippen LogP contribution in [0, 0.1) is 19.3 Å². The second-order valence-corrected chi connectivity index (χ2v) is 6.81. The van der Waals surface area contributed by atoms with Gasteiger partial charge in [-0.2, -0.15) is 0 Å². The van der Waals surface area contributed by atoms with Crippen LogP contribution < -0.4 is 10.5 Å². The molecule has 2 rings (SSSR count). The molecule has 0 amide bonds. The number of nitrogens with two attached hydrogens (primary N) is 1. The Kier molecular flexibility index (Phi) is 3.91. The standard InChI is InChI=1S/C17H27NO/c1-11-6-7-13(16(19-5)12(11)2)14-10-17(3,4)9-8-15(14)18/h6-7,14-15H,8-10,18H2,1-5H3. The molecule has 0 bridgehead atoms. The molecule has 1 fully saturated rings. The van der Waals surface area contributed by atoms with E-state index >= 15 is 0 Å². The molecule has 2 nitrogen and oxygen atoms in total. The number of benzene rings is 1. The van der Waals surface area contributed by atoms with E-state index in [-0.39, 0.29) is 6.04 Å². The molecule has 0 aliphatic heterocycles. The van der Waals surface area contributed by atoms with Gasteiger partial charge in [0.15, 0.2) is 0 Å². The summed E-state index contributed by atoms with van der Waals surface area (Å²) >= 11 is 0. The van der Waals surface area contributed by atoms with Crippen LogP contribution in [0.25, 0.3) is 0 Å². The molecule has 19 heavy (non-hydrogen) atoms. The van der Waals surface area contributed by atoms with Crippen molar-refractivity contribution in [2.75, 3.05) is 7.11 Å². The van der Waals surface area contributed by atoms with Crippen molar-refractivity contribution in [2.45, 2.75) is 58.9 Å². The highest BCUT2D eigenvalue weighted by Crippen LogP contribution is 2.46. The molecule has 2 heteroatoms. The van der Waals surface area contributed by atoms with E-state index in [4.69, 9.17) is 10.5 Å². The molecule has 2 N–H and O–H groups in total. The summed E-state index contributed by atoms with van der Waals surface area (Å²) in [6.07, 6.45) is 3.47. The summed E-state index contributed by atoms with van der Waals surface area (Å²) < 4.78 is 5.67. The largest absolute Gasteiger partial charge is 0.496 e. The van der Waals surface area contributed by atoms with Crippen molar-refractivity contribution in [1.29, 1.82) is 0 Å². The van der Waals surface area contributed by atoms with Crippen LogP contribution in [0.5, 0.6) is 5.75 Å². The van der Waals surface area contributed by atoms with E-state index in [0.29, 0.717) is 11.3 Å². The highest BCUT2D eigenvalue weighted by molar-refractivity contribution is 5.47. The van der Waals surface area contributed by atoms with Crippen molar-refractivity contribution in [3.63, 3.8) is 0 Å². The molecular weight excluding hydrogens is 234 g/mol. The van der Waals surface area contributed by atoms with Crippen molar-refractivity contribution < 1.29 is 4.74 Å². The predicted octanol–water partition coefficient (Wildman–Crippen LogP) is 3.93. The first-order valence-electron chi connectivity index (χ1n) is 7.25. The first-order chi connectivity index (χ1) is 8.85. The summed E-state index contributed by atoms with van der Waals surface area (Å²) in [4.78, 5) is 0. The van der Waals surface area contributed by atoms with Gasteiger partial charge < -0.3 is 10.5 Å². The summed E-state index contributed by atoms with van der Waals surface area (Å²) in [5, 5.41) is 0. The first-order valence-corrected chi connectivity index (χ1v) is 7.25. The highest BCUT2D eigenvalue weighted by Gasteiger charge is 2.35. The van der Waals surface area contributed by atoms with Crippen LogP contribution in [-0.4, -0.2) is 13.2 Å². The van der Waals surface area contributed by atoms with Gasteiger partial charge >= 0.3 is 0 Å². The zero-order valence-electron chi connectivity index (χ0n) is 12.9. The summed E-state index contributed by atoms with van der Waals surface area (Å²) in [7, 11) is 1.77. The maximum absolute atomic E-state index is 6.39. The van der Waals surface area contributed by atoms with Crippen LogP contribution in [-0.2, 0) is 0 Å². The third-order valence-corrected chi connectivity index (χ3v) is 4.75. The van der Waals surface area contributed by atoms with Gasteiger partial charge in [-0.05, 0) is 55.2 Å². The van der Waals surface area contributed by atoms with Gasteiger partial charge in [-0.1, -0.05) is 26.0 Å². The summed E-state index contributed by atoms with van der Waals surface area (Å²) in [6, 6.07) is 4.67. The Labute approximate surface area is 117 Å². The fourth-order valence-electron chi connectivity index (χ4n) is 3.32. The van der Waals surface area contributed by atoms with Gasteiger partial charge in [0.05, 0.1) is 7.11 Å².